The largest absolute Gasteiger partial charge is 0.573 e. The van der Waals surface area contributed by atoms with Gasteiger partial charge in [0.15, 0.2) is 0 Å². The van der Waals surface area contributed by atoms with Gasteiger partial charge in [-0.05, 0) is 28.7 Å². The molecule has 0 aliphatic rings. The van der Waals surface area contributed by atoms with Gasteiger partial charge in [0.25, 0.3) is 0 Å². The van der Waals surface area contributed by atoms with Gasteiger partial charge in [-0.25, -0.2) is 0 Å². The van der Waals surface area contributed by atoms with Crippen LogP contribution in [0.3, 0.4) is 0 Å². The number of ether oxygens (including phenoxy) is 1. The maximum atomic E-state index is 11.9. The van der Waals surface area contributed by atoms with Crippen LogP contribution in [0, 0.1) is 3.57 Å². The summed E-state index contributed by atoms with van der Waals surface area (Å²) in [6.07, 6.45) is -4.39. The summed E-state index contributed by atoms with van der Waals surface area (Å²) in [6, 6.07) is 2.09. The Balaban J connectivity index is 3.04. The molecule has 0 atom stereocenters. The van der Waals surface area contributed by atoms with Crippen molar-refractivity contribution in [1.29, 1.82) is 0 Å². The summed E-state index contributed by atoms with van der Waals surface area (Å²) in [7, 11) is 0. The topological polar surface area (TPSA) is 38.3 Å². The summed E-state index contributed by atoms with van der Waals surface area (Å²) in [5.41, 5.74) is 0.242. The zero-order valence-electron chi connectivity index (χ0n) is 7.44. The number of alkyl halides is 3. The van der Waals surface area contributed by atoms with Crippen LogP contribution >= 0.6 is 34.2 Å². The maximum Gasteiger partial charge on any atom is 0.573 e. The number of rotatable bonds is 3. The van der Waals surface area contributed by atoms with Gasteiger partial charge in [0.2, 0.25) is 6.41 Å². The van der Waals surface area contributed by atoms with Gasteiger partial charge in [-0.2, -0.15) is 0 Å². The molecule has 16 heavy (non-hydrogen) atoms. The van der Waals surface area contributed by atoms with Gasteiger partial charge in [-0.1, -0.05) is 11.6 Å². The van der Waals surface area contributed by atoms with Crippen LogP contribution in [-0.4, -0.2) is 12.8 Å². The van der Waals surface area contributed by atoms with Gasteiger partial charge in [0.1, 0.15) is 5.75 Å². The Morgan fingerprint density at radius 2 is 2.06 bits per heavy atom. The third-order valence-electron chi connectivity index (χ3n) is 1.45. The first kappa shape index (κ1) is 13.4. The second kappa shape index (κ2) is 5.09. The molecule has 0 aliphatic heterocycles. The number of carbonyl (C=O) groups is 1. The molecular formula is C8H4ClF3INO2. The molecule has 1 rings (SSSR count). The Morgan fingerprint density at radius 3 is 2.50 bits per heavy atom. The van der Waals surface area contributed by atoms with E-state index in [1.807, 2.05) is 0 Å². The third-order valence-corrected chi connectivity index (χ3v) is 2.60. The predicted octanol–water partition coefficient (Wildman–Crippen LogP) is 3.41. The van der Waals surface area contributed by atoms with Crippen LogP contribution in [0.25, 0.3) is 0 Å². The highest BCUT2D eigenvalue weighted by atomic mass is 127. The fourth-order valence-corrected chi connectivity index (χ4v) is 2.12. The summed E-state index contributed by atoms with van der Waals surface area (Å²) >= 11 is 7.40. The van der Waals surface area contributed by atoms with E-state index in [0.29, 0.717) is 9.98 Å². The van der Waals surface area contributed by atoms with Gasteiger partial charge in [-0.3, -0.25) is 4.79 Å². The molecule has 0 fully saturated rings. The molecule has 0 unspecified atom stereocenters. The number of nitrogens with one attached hydrogen (secondary N) is 1. The molecule has 0 aromatic heterocycles. The first-order valence-corrected chi connectivity index (χ1v) is 5.24. The van der Waals surface area contributed by atoms with Gasteiger partial charge < -0.3 is 10.1 Å². The summed E-state index contributed by atoms with van der Waals surface area (Å²) in [6.45, 7) is 0. The van der Waals surface area contributed by atoms with Crippen LogP contribution < -0.4 is 10.1 Å². The molecule has 1 aromatic rings. The minimum absolute atomic E-state index is 0.0294. The number of anilines is 1. The van der Waals surface area contributed by atoms with E-state index in [9.17, 15) is 18.0 Å². The standard InChI is InChI=1S/C8H4ClF3INO2/c9-5-1-4(16-8(10,11)12)2-6(13)7(5)14-3-15/h1-3H,(H,14,15). The van der Waals surface area contributed by atoms with Gasteiger partial charge >= 0.3 is 6.36 Å². The normalized spacial score (nSPS) is 11.1. The van der Waals surface area contributed by atoms with E-state index >= 15 is 0 Å². The number of benzene rings is 1. The molecule has 1 aromatic carbocycles. The lowest BCUT2D eigenvalue weighted by Gasteiger charge is -2.12. The van der Waals surface area contributed by atoms with Crippen molar-refractivity contribution in [3.8, 4) is 5.75 Å². The molecule has 0 spiro atoms. The lowest BCUT2D eigenvalue weighted by Crippen LogP contribution is -2.17. The first-order valence-electron chi connectivity index (χ1n) is 3.78. The highest BCUT2D eigenvalue weighted by Crippen LogP contribution is 2.34. The van der Waals surface area contributed by atoms with Crippen molar-refractivity contribution in [2.24, 2.45) is 0 Å². The van der Waals surface area contributed by atoms with Crippen LogP contribution in [0.2, 0.25) is 5.02 Å². The molecule has 0 bridgehead atoms. The van der Waals surface area contributed by atoms with Crippen molar-refractivity contribution < 1.29 is 22.7 Å². The molecule has 3 nitrogen and oxygen atoms in total. The molecule has 8 heteroatoms. The van der Waals surface area contributed by atoms with Crippen LogP contribution in [0.4, 0.5) is 18.9 Å². The summed E-state index contributed by atoms with van der Waals surface area (Å²) < 4.78 is 39.8. The predicted molar refractivity (Wildman–Crippen MR) is 60.5 cm³/mol. The molecule has 1 amide bonds. The van der Waals surface area contributed by atoms with Crippen molar-refractivity contribution in [3.63, 3.8) is 0 Å². The van der Waals surface area contributed by atoms with E-state index in [2.05, 4.69) is 10.1 Å². The van der Waals surface area contributed by atoms with Crippen molar-refractivity contribution in [2.75, 3.05) is 5.32 Å². The Bertz CT molecular complexity index is 388. The SMILES string of the molecule is O=CNc1c(Cl)cc(OC(F)(F)F)cc1I. The van der Waals surface area contributed by atoms with E-state index in [4.69, 9.17) is 11.6 Å². The molecule has 0 radical (unpaired) electrons. The molecule has 0 saturated heterocycles. The summed E-state index contributed by atoms with van der Waals surface area (Å²) in [5.74, 6) is -0.432. The molecule has 88 valence electrons. The molecule has 0 saturated carbocycles. The fraction of sp³-hybridized carbons (Fsp3) is 0.125. The van der Waals surface area contributed by atoms with Crippen molar-refractivity contribution in [3.05, 3.63) is 20.7 Å². The number of halogens is 5. The minimum atomic E-state index is -4.77. The Hall–Kier alpha value is -0.700. The zero-order valence-corrected chi connectivity index (χ0v) is 10.4. The molecule has 1 N–H and O–H groups in total. The quantitative estimate of drug-likeness (QED) is 0.658. The third kappa shape index (κ3) is 3.71. The lowest BCUT2D eigenvalue weighted by molar-refractivity contribution is -0.274. The second-order valence-corrected chi connectivity index (χ2v) is 4.14. The monoisotopic (exact) mass is 365 g/mol. The molecule has 0 heterocycles. The van der Waals surface area contributed by atoms with Crippen molar-refractivity contribution in [2.45, 2.75) is 6.36 Å². The highest BCUT2D eigenvalue weighted by molar-refractivity contribution is 14.1. The highest BCUT2D eigenvalue weighted by Gasteiger charge is 2.31. The van der Waals surface area contributed by atoms with Crippen LogP contribution in [0.1, 0.15) is 0 Å². The summed E-state index contributed by atoms with van der Waals surface area (Å²) in [4.78, 5) is 10.2. The number of carbonyl (C=O) groups excluding carboxylic acids is 1. The van der Waals surface area contributed by atoms with Crippen LogP contribution in [0.15, 0.2) is 12.1 Å². The Morgan fingerprint density at radius 1 is 1.44 bits per heavy atom. The minimum Gasteiger partial charge on any atom is -0.406 e. The smallest absolute Gasteiger partial charge is 0.406 e. The van der Waals surface area contributed by atoms with E-state index in [-0.39, 0.29) is 10.7 Å². The summed E-state index contributed by atoms with van der Waals surface area (Å²) in [5, 5.41) is 2.25. The van der Waals surface area contributed by atoms with Gasteiger partial charge in [0, 0.05) is 9.64 Å². The average Bonchev–Trinajstić information content (AvgIpc) is 2.08. The fourth-order valence-electron chi connectivity index (χ4n) is 0.939. The zero-order chi connectivity index (χ0) is 12.3. The second-order valence-electron chi connectivity index (χ2n) is 2.57. The van der Waals surface area contributed by atoms with E-state index in [1.54, 1.807) is 22.6 Å². The van der Waals surface area contributed by atoms with Gasteiger partial charge in [-0.15, -0.1) is 13.2 Å². The maximum absolute atomic E-state index is 11.9. The number of hydrogen-bond acceptors (Lipinski definition) is 2. The van der Waals surface area contributed by atoms with E-state index in [1.165, 1.54) is 0 Å². The van der Waals surface area contributed by atoms with E-state index < -0.39 is 12.1 Å². The lowest BCUT2D eigenvalue weighted by atomic mass is 10.3. The molecule has 0 aliphatic carbocycles. The van der Waals surface area contributed by atoms with Crippen LogP contribution in [-0.2, 0) is 4.79 Å². The van der Waals surface area contributed by atoms with Gasteiger partial charge in [0.05, 0.1) is 10.7 Å². The number of amides is 1. The average molecular weight is 365 g/mol. The first-order chi connectivity index (χ1) is 7.33. The van der Waals surface area contributed by atoms with Crippen molar-refractivity contribution in [1.82, 2.24) is 0 Å². The number of hydrogen-bond donors (Lipinski definition) is 1. The Labute approximate surface area is 107 Å². The Kier molecular flexibility index (Phi) is 4.25. The molecular weight excluding hydrogens is 361 g/mol. The van der Waals surface area contributed by atoms with Crippen LogP contribution in [0.5, 0.6) is 5.75 Å². The van der Waals surface area contributed by atoms with Crippen molar-refractivity contribution >= 4 is 46.3 Å². The van der Waals surface area contributed by atoms with E-state index in [0.717, 1.165) is 12.1 Å².